The second kappa shape index (κ2) is 4.98. The molecule has 0 saturated heterocycles. The highest BCUT2D eigenvalue weighted by Gasteiger charge is 2.25. The predicted molar refractivity (Wildman–Crippen MR) is 68.9 cm³/mol. The Balaban J connectivity index is 2.08. The van der Waals surface area contributed by atoms with Crippen LogP contribution in [-0.2, 0) is 10.0 Å². The molecule has 1 heterocycles. The van der Waals surface area contributed by atoms with E-state index in [0.29, 0.717) is 12.1 Å². The van der Waals surface area contributed by atoms with Gasteiger partial charge in [0, 0.05) is 0 Å². The van der Waals surface area contributed by atoms with Crippen LogP contribution in [0.5, 0.6) is 0 Å². The molecule has 0 radical (unpaired) electrons. The first-order valence-corrected chi connectivity index (χ1v) is 7.26. The normalized spacial score (nSPS) is 11.8. The molecule has 0 spiro atoms. The molecule has 1 aromatic heterocycles. The lowest BCUT2D eigenvalue weighted by Crippen LogP contribution is -2.16. The Morgan fingerprint density at radius 2 is 1.77 bits per heavy atom. The van der Waals surface area contributed by atoms with E-state index in [1.165, 1.54) is 18.2 Å². The van der Waals surface area contributed by atoms with Crippen molar-refractivity contribution in [1.29, 1.82) is 0 Å². The van der Waals surface area contributed by atoms with Gasteiger partial charge in [-0.15, -0.1) is 0 Å². The highest BCUT2D eigenvalue weighted by atomic mass is 32.2. The molecule has 0 fully saturated rings. The van der Waals surface area contributed by atoms with E-state index in [2.05, 4.69) is 14.9 Å². The summed E-state index contributed by atoms with van der Waals surface area (Å²) in [5.74, 6) is -5.17. The zero-order chi connectivity index (χ0) is 15.9. The fraction of sp³-hybridized carbons (Fsp3) is 0. The molecule has 10 heteroatoms. The third-order valence-electron chi connectivity index (χ3n) is 2.82. The lowest BCUT2D eigenvalue weighted by molar-refractivity contribution is 0.315. The van der Waals surface area contributed by atoms with Gasteiger partial charge in [-0.3, -0.25) is 4.72 Å². The van der Waals surface area contributed by atoms with Crippen molar-refractivity contribution in [3.05, 3.63) is 47.8 Å². The first kappa shape index (κ1) is 14.3. The molecule has 0 aliphatic carbocycles. The van der Waals surface area contributed by atoms with E-state index in [1.807, 2.05) is 4.72 Å². The fourth-order valence-corrected chi connectivity index (χ4v) is 2.94. The first-order valence-electron chi connectivity index (χ1n) is 5.78. The summed E-state index contributed by atoms with van der Waals surface area (Å²) in [6, 6.07) is 5.46. The van der Waals surface area contributed by atoms with Crippen molar-refractivity contribution in [3.8, 4) is 0 Å². The highest BCUT2D eigenvalue weighted by molar-refractivity contribution is 7.92. The maximum Gasteiger partial charge on any atom is 0.265 e. The van der Waals surface area contributed by atoms with Gasteiger partial charge in [-0.05, 0) is 34.6 Å². The van der Waals surface area contributed by atoms with Gasteiger partial charge in [0.2, 0.25) is 0 Å². The number of sulfonamides is 1. The lowest BCUT2D eigenvalue weighted by atomic mass is 10.3. The molecule has 0 amide bonds. The van der Waals surface area contributed by atoms with Crippen LogP contribution in [0.1, 0.15) is 0 Å². The molecular formula is C12H6F3N3O3S. The minimum absolute atomic E-state index is 0.0390. The van der Waals surface area contributed by atoms with E-state index >= 15 is 0 Å². The van der Waals surface area contributed by atoms with Crippen LogP contribution in [0.3, 0.4) is 0 Å². The second-order valence-electron chi connectivity index (χ2n) is 4.22. The second-order valence-corrected chi connectivity index (χ2v) is 5.87. The van der Waals surface area contributed by atoms with Crippen molar-refractivity contribution < 1.29 is 26.2 Å². The zero-order valence-electron chi connectivity index (χ0n) is 10.5. The third-order valence-corrected chi connectivity index (χ3v) is 4.20. The van der Waals surface area contributed by atoms with Crippen LogP contribution in [0.15, 0.2) is 39.9 Å². The Bertz CT molecular complexity index is 972. The monoisotopic (exact) mass is 329 g/mol. The molecular weight excluding hydrogens is 323 g/mol. The minimum atomic E-state index is -4.49. The Morgan fingerprint density at radius 1 is 1.00 bits per heavy atom. The van der Waals surface area contributed by atoms with E-state index in [1.54, 1.807) is 0 Å². The van der Waals surface area contributed by atoms with Gasteiger partial charge in [-0.1, -0.05) is 6.07 Å². The lowest BCUT2D eigenvalue weighted by Gasteiger charge is -2.09. The molecule has 0 unspecified atom stereocenters. The number of anilines is 1. The largest absolute Gasteiger partial charge is 0.277 e. The van der Waals surface area contributed by atoms with Crippen LogP contribution in [0.25, 0.3) is 11.0 Å². The summed E-state index contributed by atoms with van der Waals surface area (Å²) in [6.45, 7) is 0. The molecule has 0 aliphatic rings. The van der Waals surface area contributed by atoms with Gasteiger partial charge in [0.1, 0.15) is 10.4 Å². The molecule has 6 nitrogen and oxygen atoms in total. The van der Waals surface area contributed by atoms with Crippen molar-refractivity contribution in [3.63, 3.8) is 0 Å². The van der Waals surface area contributed by atoms with Crippen molar-refractivity contribution in [2.75, 3.05) is 4.72 Å². The molecule has 114 valence electrons. The zero-order valence-corrected chi connectivity index (χ0v) is 11.4. The Kier molecular flexibility index (Phi) is 3.24. The summed E-state index contributed by atoms with van der Waals surface area (Å²) in [7, 11) is -4.49. The quantitative estimate of drug-likeness (QED) is 0.746. The fourth-order valence-electron chi connectivity index (χ4n) is 1.80. The highest BCUT2D eigenvalue weighted by Crippen LogP contribution is 2.25. The third kappa shape index (κ3) is 2.26. The Morgan fingerprint density at radius 3 is 2.55 bits per heavy atom. The van der Waals surface area contributed by atoms with Gasteiger partial charge in [0.25, 0.3) is 10.0 Å². The maximum absolute atomic E-state index is 13.6. The SMILES string of the molecule is O=S(=O)(Nc1cccc2nonc12)c1ccc(F)c(F)c1F. The number of halogens is 3. The molecule has 0 saturated carbocycles. The van der Waals surface area contributed by atoms with Crippen molar-refractivity contribution in [2.24, 2.45) is 0 Å². The summed E-state index contributed by atoms with van der Waals surface area (Å²) >= 11 is 0. The summed E-state index contributed by atoms with van der Waals surface area (Å²) < 4.78 is 70.5. The topological polar surface area (TPSA) is 85.1 Å². The maximum atomic E-state index is 13.6. The molecule has 3 aromatic rings. The smallest absolute Gasteiger partial charge is 0.265 e. The minimum Gasteiger partial charge on any atom is -0.277 e. The van der Waals surface area contributed by atoms with Gasteiger partial charge < -0.3 is 0 Å². The number of aromatic nitrogens is 2. The summed E-state index contributed by atoms with van der Waals surface area (Å²) in [5, 5.41) is 7.03. The number of benzene rings is 2. The van der Waals surface area contributed by atoms with Crippen LogP contribution < -0.4 is 4.72 Å². The van der Waals surface area contributed by atoms with E-state index in [0.717, 1.165) is 0 Å². The van der Waals surface area contributed by atoms with Crippen molar-refractivity contribution in [2.45, 2.75) is 4.90 Å². The van der Waals surface area contributed by atoms with Crippen molar-refractivity contribution >= 4 is 26.7 Å². The average Bonchev–Trinajstić information content (AvgIpc) is 2.94. The van der Waals surface area contributed by atoms with Gasteiger partial charge in [-0.2, -0.15) is 0 Å². The van der Waals surface area contributed by atoms with E-state index in [4.69, 9.17) is 0 Å². The predicted octanol–water partition coefficient (Wildman–Crippen LogP) is 2.44. The number of nitrogens with one attached hydrogen (secondary N) is 1. The molecule has 3 rings (SSSR count). The van der Waals surface area contributed by atoms with Gasteiger partial charge >= 0.3 is 0 Å². The van der Waals surface area contributed by atoms with Crippen LogP contribution in [0, 0.1) is 17.5 Å². The van der Waals surface area contributed by atoms with Gasteiger partial charge in [0.05, 0.1) is 5.69 Å². The number of rotatable bonds is 3. The first-order chi connectivity index (χ1) is 10.4. The molecule has 1 N–H and O–H groups in total. The Hall–Kier alpha value is -2.62. The Labute approximate surface area is 121 Å². The average molecular weight is 329 g/mol. The molecule has 0 atom stereocenters. The molecule has 22 heavy (non-hydrogen) atoms. The van der Waals surface area contributed by atoms with E-state index < -0.39 is 32.4 Å². The number of hydrogen-bond acceptors (Lipinski definition) is 5. The van der Waals surface area contributed by atoms with Gasteiger partial charge in [-0.25, -0.2) is 26.2 Å². The summed E-state index contributed by atoms with van der Waals surface area (Å²) in [6.07, 6.45) is 0. The number of nitrogens with zero attached hydrogens (tertiary/aromatic N) is 2. The van der Waals surface area contributed by atoms with Crippen LogP contribution in [0.2, 0.25) is 0 Å². The molecule has 0 bridgehead atoms. The van der Waals surface area contributed by atoms with E-state index in [-0.39, 0.29) is 16.7 Å². The summed E-state index contributed by atoms with van der Waals surface area (Å²) in [5.41, 5.74) is 0.322. The van der Waals surface area contributed by atoms with E-state index in [9.17, 15) is 21.6 Å². The number of hydrogen-bond donors (Lipinski definition) is 1. The number of fused-ring (bicyclic) bond motifs is 1. The van der Waals surface area contributed by atoms with Crippen LogP contribution in [-0.4, -0.2) is 18.7 Å². The van der Waals surface area contributed by atoms with Crippen molar-refractivity contribution in [1.82, 2.24) is 10.3 Å². The van der Waals surface area contributed by atoms with Crippen LogP contribution in [0.4, 0.5) is 18.9 Å². The summed E-state index contributed by atoms with van der Waals surface area (Å²) in [4.78, 5) is -1.03. The van der Waals surface area contributed by atoms with Crippen LogP contribution >= 0.6 is 0 Å². The standard InChI is InChI=1S/C12H6F3N3O3S/c13-6-4-5-9(11(15)10(6)14)22(19,20)18-8-3-1-2-7-12(8)17-21-16-7/h1-5,18H. The van der Waals surface area contributed by atoms with Gasteiger partial charge in [0.15, 0.2) is 23.0 Å². The molecule has 2 aromatic carbocycles. The molecule has 0 aliphatic heterocycles.